The number of thioether (sulfide) groups is 1. The van der Waals surface area contributed by atoms with E-state index in [4.69, 9.17) is 12.2 Å². The third kappa shape index (κ3) is 4.27. The fraction of sp³-hybridized carbons (Fsp3) is 0.462. The molecule has 1 aromatic rings. The predicted molar refractivity (Wildman–Crippen MR) is 83.5 cm³/mol. The van der Waals surface area contributed by atoms with Crippen molar-refractivity contribution in [3.63, 3.8) is 0 Å². The summed E-state index contributed by atoms with van der Waals surface area (Å²) in [5.74, 6) is 0.975. The molecule has 1 fully saturated rings. The van der Waals surface area contributed by atoms with E-state index in [1.165, 1.54) is 24.8 Å². The lowest BCUT2D eigenvalue weighted by molar-refractivity contribution is 0.352. The van der Waals surface area contributed by atoms with Gasteiger partial charge in [0.1, 0.15) is 4.32 Å². The number of hydrogen-bond acceptors (Lipinski definition) is 2. The lowest BCUT2D eigenvalue weighted by atomic mass is 10.1. The van der Waals surface area contributed by atoms with E-state index in [1.54, 1.807) is 11.8 Å². The van der Waals surface area contributed by atoms with Gasteiger partial charge in [0, 0.05) is 23.3 Å². The van der Waals surface area contributed by atoms with E-state index in [-0.39, 0.29) is 0 Å². The molecule has 17 heavy (non-hydrogen) atoms. The third-order valence-electron chi connectivity index (χ3n) is 2.89. The van der Waals surface area contributed by atoms with Crippen LogP contribution in [0.5, 0.6) is 0 Å². The molecule has 0 unspecified atom stereocenters. The summed E-state index contributed by atoms with van der Waals surface area (Å²) in [7, 11) is 0. The van der Waals surface area contributed by atoms with Crippen molar-refractivity contribution >= 4 is 44.2 Å². The first kappa shape index (κ1) is 13.4. The van der Waals surface area contributed by atoms with Crippen LogP contribution in [0.25, 0.3) is 0 Å². The van der Waals surface area contributed by atoms with Crippen molar-refractivity contribution in [1.82, 2.24) is 4.90 Å². The van der Waals surface area contributed by atoms with Gasteiger partial charge in [-0.05, 0) is 37.0 Å². The highest BCUT2D eigenvalue weighted by atomic mass is 79.9. The first-order valence-corrected chi connectivity index (χ1v) is 8.10. The molecule has 92 valence electrons. The van der Waals surface area contributed by atoms with Crippen LogP contribution < -0.4 is 0 Å². The average molecular weight is 330 g/mol. The van der Waals surface area contributed by atoms with Crippen molar-refractivity contribution in [2.45, 2.75) is 25.0 Å². The molecule has 1 aliphatic heterocycles. The fourth-order valence-corrected chi connectivity index (χ4v) is 3.36. The van der Waals surface area contributed by atoms with E-state index < -0.39 is 0 Å². The first-order chi connectivity index (χ1) is 8.25. The molecule has 0 bridgehead atoms. The normalized spacial score (nSPS) is 15.9. The Morgan fingerprint density at radius 3 is 2.47 bits per heavy atom. The quantitative estimate of drug-likeness (QED) is 0.738. The third-order valence-corrected chi connectivity index (χ3v) is 5.01. The minimum atomic E-state index is 0.975. The molecule has 1 heterocycles. The Labute approximate surface area is 121 Å². The predicted octanol–water partition coefficient (Wildman–Crippen LogP) is 4.45. The molecular formula is C13H16BrNS2. The number of likely N-dealkylation sites (tertiary alicyclic amines) is 1. The second kappa shape index (κ2) is 6.76. The largest absolute Gasteiger partial charge is 0.358 e. The summed E-state index contributed by atoms with van der Waals surface area (Å²) in [4.78, 5) is 2.35. The molecule has 0 aliphatic carbocycles. The Kier molecular flexibility index (Phi) is 5.32. The number of benzene rings is 1. The molecule has 0 N–H and O–H groups in total. The molecule has 0 spiro atoms. The summed E-state index contributed by atoms with van der Waals surface area (Å²) in [5, 5.41) is 0. The highest BCUT2D eigenvalue weighted by Gasteiger charge is 2.13. The Bertz CT molecular complexity index is 372. The molecule has 0 amide bonds. The highest BCUT2D eigenvalue weighted by Crippen LogP contribution is 2.21. The number of hydrogen-bond donors (Lipinski definition) is 0. The van der Waals surface area contributed by atoms with Crippen LogP contribution in [0.1, 0.15) is 24.8 Å². The van der Waals surface area contributed by atoms with Gasteiger partial charge in [-0.2, -0.15) is 0 Å². The topological polar surface area (TPSA) is 3.24 Å². The van der Waals surface area contributed by atoms with Crippen LogP contribution in [-0.4, -0.2) is 22.3 Å². The van der Waals surface area contributed by atoms with Crippen molar-refractivity contribution in [2.75, 3.05) is 13.1 Å². The molecular weight excluding hydrogens is 314 g/mol. The van der Waals surface area contributed by atoms with Crippen LogP contribution in [0.4, 0.5) is 0 Å². The van der Waals surface area contributed by atoms with Crippen molar-refractivity contribution in [2.24, 2.45) is 0 Å². The Morgan fingerprint density at radius 1 is 1.18 bits per heavy atom. The molecule has 1 saturated heterocycles. The highest BCUT2D eigenvalue weighted by molar-refractivity contribution is 9.10. The smallest absolute Gasteiger partial charge is 0.136 e. The monoisotopic (exact) mass is 329 g/mol. The van der Waals surface area contributed by atoms with Gasteiger partial charge in [0.15, 0.2) is 0 Å². The molecule has 0 aromatic heterocycles. The van der Waals surface area contributed by atoms with Gasteiger partial charge >= 0.3 is 0 Å². The molecule has 1 aromatic carbocycles. The van der Waals surface area contributed by atoms with Crippen LogP contribution in [0.2, 0.25) is 0 Å². The minimum Gasteiger partial charge on any atom is -0.358 e. The van der Waals surface area contributed by atoms with E-state index in [0.29, 0.717) is 0 Å². The number of halogens is 1. The van der Waals surface area contributed by atoms with Crippen molar-refractivity contribution in [1.29, 1.82) is 0 Å². The number of thiocarbonyl (C=S) groups is 1. The number of rotatable bonds is 2. The second-order valence-electron chi connectivity index (χ2n) is 4.23. The zero-order chi connectivity index (χ0) is 12.1. The van der Waals surface area contributed by atoms with Gasteiger partial charge in [0.05, 0.1) is 0 Å². The van der Waals surface area contributed by atoms with Crippen molar-refractivity contribution in [3.8, 4) is 0 Å². The Balaban J connectivity index is 1.81. The zero-order valence-corrected chi connectivity index (χ0v) is 12.9. The van der Waals surface area contributed by atoms with Crippen LogP contribution in [0.15, 0.2) is 28.7 Å². The standard InChI is InChI=1S/C13H16BrNS2/c14-12-6-4-11(5-7-12)10-17-13(16)15-8-2-1-3-9-15/h4-7H,1-3,8-10H2. The Morgan fingerprint density at radius 2 is 1.82 bits per heavy atom. The van der Waals surface area contributed by atoms with Crippen molar-refractivity contribution in [3.05, 3.63) is 34.3 Å². The SMILES string of the molecule is S=C(SCc1ccc(Br)cc1)N1CCCCC1. The van der Waals surface area contributed by atoms with Gasteiger partial charge in [-0.15, -0.1) is 0 Å². The van der Waals surface area contributed by atoms with Gasteiger partial charge < -0.3 is 4.90 Å². The lowest BCUT2D eigenvalue weighted by Crippen LogP contribution is -2.32. The minimum absolute atomic E-state index is 0.975. The molecule has 0 radical (unpaired) electrons. The molecule has 4 heteroatoms. The Hall–Kier alpha value is -0.0600. The summed E-state index contributed by atoms with van der Waals surface area (Å²) in [6.07, 6.45) is 3.94. The second-order valence-corrected chi connectivity index (χ2v) is 6.75. The summed E-state index contributed by atoms with van der Waals surface area (Å²) >= 11 is 10.7. The summed E-state index contributed by atoms with van der Waals surface area (Å²) in [5.41, 5.74) is 1.33. The van der Waals surface area contributed by atoms with Gasteiger partial charge in [0.2, 0.25) is 0 Å². The molecule has 1 aliphatic rings. The molecule has 0 atom stereocenters. The molecule has 2 rings (SSSR count). The number of nitrogens with zero attached hydrogens (tertiary/aromatic N) is 1. The van der Waals surface area contributed by atoms with Crippen molar-refractivity contribution < 1.29 is 0 Å². The number of piperidine rings is 1. The van der Waals surface area contributed by atoms with Crippen LogP contribution in [-0.2, 0) is 5.75 Å². The zero-order valence-electron chi connectivity index (χ0n) is 9.69. The van der Waals surface area contributed by atoms with E-state index >= 15 is 0 Å². The lowest BCUT2D eigenvalue weighted by Gasteiger charge is -2.28. The van der Waals surface area contributed by atoms with Gasteiger partial charge in [-0.25, -0.2) is 0 Å². The summed E-state index contributed by atoms with van der Waals surface area (Å²) < 4.78 is 2.19. The first-order valence-electron chi connectivity index (χ1n) is 5.92. The fourth-order valence-electron chi connectivity index (χ4n) is 1.89. The van der Waals surface area contributed by atoms with E-state index in [9.17, 15) is 0 Å². The van der Waals surface area contributed by atoms with E-state index in [1.807, 2.05) is 0 Å². The maximum absolute atomic E-state index is 5.48. The van der Waals surface area contributed by atoms with Gasteiger partial charge in [0.25, 0.3) is 0 Å². The van der Waals surface area contributed by atoms with Crippen LogP contribution in [0.3, 0.4) is 0 Å². The van der Waals surface area contributed by atoms with Gasteiger partial charge in [-0.1, -0.05) is 52.0 Å². The van der Waals surface area contributed by atoms with Gasteiger partial charge in [-0.3, -0.25) is 0 Å². The van der Waals surface area contributed by atoms with Crippen LogP contribution in [0, 0.1) is 0 Å². The molecule has 0 saturated carbocycles. The van der Waals surface area contributed by atoms with Crippen LogP contribution >= 0.6 is 39.9 Å². The summed E-state index contributed by atoms with van der Waals surface area (Å²) in [6, 6.07) is 8.46. The maximum Gasteiger partial charge on any atom is 0.136 e. The summed E-state index contributed by atoms with van der Waals surface area (Å²) in [6.45, 7) is 2.29. The van der Waals surface area contributed by atoms with E-state index in [0.717, 1.165) is 27.6 Å². The maximum atomic E-state index is 5.48. The average Bonchev–Trinajstić information content (AvgIpc) is 2.39. The molecule has 1 nitrogen and oxygen atoms in total. The van der Waals surface area contributed by atoms with E-state index in [2.05, 4.69) is 45.1 Å².